The summed E-state index contributed by atoms with van der Waals surface area (Å²) in [5.41, 5.74) is 1.54. The molecular formula is C17H16ClN3O3S. The van der Waals surface area contributed by atoms with Gasteiger partial charge in [0.15, 0.2) is 5.16 Å². The molecule has 0 fully saturated rings. The van der Waals surface area contributed by atoms with Gasteiger partial charge in [0.2, 0.25) is 0 Å². The van der Waals surface area contributed by atoms with Gasteiger partial charge in [-0.1, -0.05) is 35.5 Å². The third-order valence-corrected chi connectivity index (χ3v) is 4.50. The first-order chi connectivity index (χ1) is 12.1. The number of halogens is 1. The van der Waals surface area contributed by atoms with Crippen LogP contribution in [0, 0.1) is 0 Å². The Morgan fingerprint density at radius 2 is 2.12 bits per heavy atom. The van der Waals surface area contributed by atoms with Gasteiger partial charge in [0.1, 0.15) is 11.5 Å². The maximum absolute atomic E-state index is 11.5. The second kappa shape index (κ2) is 7.76. The summed E-state index contributed by atoms with van der Waals surface area (Å²) in [6, 6.07) is 7.73. The number of benzene rings is 1. The molecule has 0 aliphatic heterocycles. The van der Waals surface area contributed by atoms with Crippen molar-refractivity contribution in [1.82, 2.24) is 14.5 Å². The van der Waals surface area contributed by atoms with Crippen LogP contribution in [0.5, 0.6) is 0 Å². The summed E-state index contributed by atoms with van der Waals surface area (Å²) >= 11 is 7.46. The van der Waals surface area contributed by atoms with Crippen LogP contribution in [-0.2, 0) is 16.0 Å². The number of nitrogens with zero attached hydrogens (tertiary/aromatic N) is 3. The van der Waals surface area contributed by atoms with E-state index in [0.29, 0.717) is 28.9 Å². The van der Waals surface area contributed by atoms with Crippen molar-refractivity contribution in [2.75, 3.05) is 13.4 Å². The largest absolute Gasteiger partial charge is 0.469 e. The molecule has 0 saturated heterocycles. The molecule has 3 aromatic rings. The number of carbonyl (C=O) groups is 1. The van der Waals surface area contributed by atoms with E-state index in [4.69, 9.17) is 20.8 Å². The van der Waals surface area contributed by atoms with Gasteiger partial charge in [-0.05, 0) is 18.4 Å². The standard InChI is InChI=1S/C17H16ClN3O3S/c1-23-14(22)8-7-13-15(11-3-5-12(18)6-4-11)20-16(24-13)21-10-9-19-17(21)25-2/h3-6,9-10H,7-8H2,1-2H3. The molecule has 3 rings (SSSR count). The van der Waals surface area contributed by atoms with Gasteiger partial charge in [0, 0.05) is 29.4 Å². The highest BCUT2D eigenvalue weighted by molar-refractivity contribution is 7.98. The number of hydrogen-bond acceptors (Lipinski definition) is 6. The van der Waals surface area contributed by atoms with Crippen molar-refractivity contribution >= 4 is 29.3 Å². The van der Waals surface area contributed by atoms with Crippen molar-refractivity contribution < 1.29 is 13.9 Å². The fourth-order valence-corrected chi connectivity index (χ4v) is 2.98. The summed E-state index contributed by atoms with van der Waals surface area (Å²) in [5, 5.41) is 1.41. The number of ether oxygens (including phenoxy) is 1. The lowest BCUT2D eigenvalue weighted by molar-refractivity contribution is -0.140. The van der Waals surface area contributed by atoms with E-state index < -0.39 is 0 Å². The number of hydrogen-bond donors (Lipinski definition) is 0. The number of rotatable bonds is 6. The molecule has 8 heteroatoms. The van der Waals surface area contributed by atoms with Crippen LogP contribution < -0.4 is 0 Å². The van der Waals surface area contributed by atoms with Gasteiger partial charge in [-0.25, -0.2) is 9.55 Å². The quantitative estimate of drug-likeness (QED) is 0.477. The lowest BCUT2D eigenvalue weighted by atomic mass is 10.1. The number of oxazole rings is 1. The number of thioether (sulfide) groups is 1. The molecule has 1 aromatic carbocycles. The lowest BCUT2D eigenvalue weighted by Crippen LogP contribution is -2.02. The van der Waals surface area contributed by atoms with Crippen LogP contribution in [0.2, 0.25) is 5.02 Å². The maximum Gasteiger partial charge on any atom is 0.308 e. The van der Waals surface area contributed by atoms with Crippen molar-refractivity contribution in [3.05, 3.63) is 47.4 Å². The number of imidazole rings is 1. The van der Waals surface area contributed by atoms with Crippen LogP contribution in [0.25, 0.3) is 17.3 Å². The molecule has 2 heterocycles. The van der Waals surface area contributed by atoms with Crippen molar-refractivity contribution in [1.29, 1.82) is 0 Å². The van der Waals surface area contributed by atoms with Gasteiger partial charge >= 0.3 is 12.0 Å². The first-order valence-electron chi connectivity index (χ1n) is 7.52. The van der Waals surface area contributed by atoms with E-state index in [2.05, 4.69) is 9.97 Å². The summed E-state index contributed by atoms with van der Waals surface area (Å²) in [7, 11) is 1.37. The SMILES string of the molecule is COC(=O)CCc1oc(-n2ccnc2SC)nc1-c1ccc(Cl)cc1. The third-order valence-electron chi connectivity index (χ3n) is 3.58. The van der Waals surface area contributed by atoms with Gasteiger partial charge < -0.3 is 9.15 Å². The molecule has 6 nitrogen and oxygen atoms in total. The number of methoxy groups -OCH3 is 1. The summed E-state index contributed by atoms with van der Waals surface area (Å²) < 4.78 is 12.4. The van der Waals surface area contributed by atoms with Crippen LogP contribution in [0.3, 0.4) is 0 Å². The Morgan fingerprint density at radius 1 is 1.36 bits per heavy atom. The van der Waals surface area contributed by atoms with E-state index in [0.717, 1.165) is 10.7 Å². The highest BCUT2D eigenvalue weighted by atomic mass is 35.5. The Bertz CT molecular complexity index is 874. The van der Waals surface area contributed by atoms with Gasteiger partial charge in [-0.2, -0.15) is 4.98 Å². The molecule has 2 aromatic heterocycles. The minimum absolute atomic E-state index is 0.213. The number of aryl methyl sites for hydroxylation is 1. The Morgan fingerprint density at radius 3 is 2.80 bits per heavy atom. The molecule has 0 bridgehead atoms. The van der Waals surface area contributed by atoms with Crippen molar-refractivity contribution in [3.63, 3.8) is 0 Å². The highest BCUT2D eigenvalue weighted by Crippen LogP contribution is 2.29. The zero-order chi connectivity index (χ0) is 17.8. The fraction of sp³-hybridized carbons (Fsp3) is 0.235. The van der Waals surface area contributed by atoms with Gasteiger partial charge in [0.05, 0.1) is 13.5 Å². The summed E-state index contributed by atoms with van der Waals surface area (Å²) in [6.07, 6.45) is 6.01. The summed E-state index contributed by atoms with van der Waals surface area (Å²) in [5.74, 6) is 0.316. The van der Waals surface area contributed by atoms with Crippen LogP contribution in [0.4, 0.5) is 0 Å². The third kappa shape index (κ3) is 3.88. The first-order valence-corrected chi connectivity index (χ1v) is 9.13. The summed E-state index contributed by atoms with van der Waals surface area (Å²) in [6.45, 7) is 0. The molecule has 25 heavy (non-hydrogen) atoms. The van der Waals surface area contributed by atoms with Gasteiger partial charge in [-0.3, -0.25) is 4.79 Å². The van der Waals surface area contributed by atoms with Crippen LogP contribution in [0.1, 0.15) is 12.2 Å². The molecule has 0 radical (unpaired) electrons. The number of carbonyl (C=O) groups excluding carboxylic acids is 1. The van der Waals surface area contributed by atoms with E-state index >= 15 is 0 Å². The first kappa shape index (κ1) is 17.6. The van der Waals surface area contributed by atoms with E-state index in [1.54, 1.807) is 29.1 Å². The highest BCUT2D eigenvalue weighted by Gasteiger charge is 2.19. The maximum atomic E-state index is 11.5. The van der Waals surface area contributed by atoms with Crippen LogP contribution >= 0.6 is 23.4 Å². The normalized spacial score (nSPS) is 10.8. The summed E-state index contributed by atoms with van der Waals surface area (Å²) in [4.78, 5) is 20.4. The molecule has 0 unspecified atom stereocenters. The Kier molecular flexibility index (Phi) is 5.45. The molecule has 0 aliphatic rings. The molecule has 130 valence electrons. The average Bonchev–Trinajstić information content (AvgIpc) is 3.26. The second-order valence-electron chi connectivity index (χ2n) is 5.14. The second-order valence-corrected chi connectivity index (χ2v) is 6.35. The molecule has 0 aliphatic carbocycles. The van der Waals surface area contributed by atoms with E-state index in [-0.39, 0.29) is 12.4 Å². The number of esters is 1. The fourth-order valence-electron chi connectivity index (χ4n) is 2.35. The van der Waals surface area contributed by atoms with Gasteiger partial charge in [-0.15, -0.1) is 0 Å². The van der Waals surface area contributed by atoms with Crippen LogP contribution in [0.15, 0.2) is 46.2 Å². The van der Waals surface area contributed by atoms with Gasteiger partial charge in [0.25, 0.3) is 0 Å². The lowest BCUT2D eigenvalue weighted by Gasteiger charge is -2.01. The van der Waals surface area contributed by atoms with E-state index in [1.165, 1.54) is 18.9 Å². The zero-order valence-corrected chi connectivity index (χ0v) is 15.3. The average molecular weight is 378 g/mol. The smallest absolute Gasteiger partial charge is 0.308 e. The number of aromatic nitrogens is 3. The molecular weight excluding hydrogens is 362 g/mol. The molecule has 0 atom stereocenters. The van der Waals surface area contributed by atoms with E-state index in [1.807, 2.05) is 18.4 Å². The Balaban J connectivity index is 2.01. The minimum atomic E-state index is -0.299. The molecule has 0 spiro atoms. The van der Waals surface area contributed by atoms with Crippen molar-refractivity contribution in [3.8, 4) is 17.3 Å². The van der Waals surface area contributed by atoms with E-state index in [9.17, 15) is 4.79 Å². The topological polar surface area (TPSA) is 70.2 Å². The predicted octanol–water partition coefficient (Wildman–Crippen LogP) is 4.01. The van der Waals surface area contributed by atoms with Crippen molar-refractivity contribution in [2.24, 2.45) is 0 Å². The minimum Gasteiger partial charge on any atom is -0.469 e. The molecule has 0 N–H and O–H groups in total. The molecule has 0 amide bonds. The van der Waals surface area contributed by atoms with Crippen LogP contribution in [-0.4, -0.2) is 33.9 Å². The Hall–Kier alpha value is -2.25. The Labute approximate surface area is 154 Å². The zero-order valence-electron chi connectivity index (χ0n) is 13.7. The van der Waals surface area contributed by atoms with Crippen molar-refractivity contribution in [2.45, 2.75) is 18.0 Å². The predicted molar refractivity (Wildman–Crippen MR) is 96.2 cm³/mol. The monoisotopic (exact) mass is 377 g/mol. The molecule has 0 saturated carbocycles.